The molecule has 0 aliphatic heterocycles. The van der Waals surface area contributed by atoms with E-state index in [1.165, 1.54) is 17.4 Å². The molecule has 0 saturated heterocycles. The maximum atomic E-state index is 12.0. The number of sulfonamides is 1. The quantitative estimate of drug-likeness (QED) is 0.833. The molecule has 0 unspecified atom stereocenters. The minimum Gasteiger partial charge on any atom is -0.398 e. The Bertz CT molecular complexity index is 636. The number of thiazole rings is 1. The van der Waals surface area contributed by atoms with E-state index in [-0.39, 0.29) is 17.1 Å². The second-order valence-electron chi connectivity index (χ2n) is 3.85. The topological polar surface area (TPSA) is 85.1 Å². The minimum absolute atomic E-state index is 0.100. The molecule has 0 amide bonds. The molecular weight excluding hydrogens is 270 g/mol. The van der Waals surface area contributed by atoms with Crippen LogP contribution < -0.4 is 10.5 Å². The summed E-state index contributed by atoms with van der Waals surface area (Å²) in [5.41, 5.74) is 9.24. The van der Waals surface area contributed by atoms with E-state index in [2.05, 4.69) is 9.71 Å². The summed E-state index contributed by atoms with van der Waals surface area (Å²) in [7, 11) is -3.59. The van der Waals surface area contributed by atoms with Crippen LogP contribution in [0.15, 0.2) is 34.0 Å². The molecule has 0 saturated carbocycles. The zero-order valence-corrected chi connectivity index (χ0v) is 11.4. The summed E-state index contributed by atoms with van der Waals surface area (Å²) in [6, 6.07) is 4.86. The first-order valence-corrected chi connectivity index (χ1v) is 7.64. The summed E-state index contributed by atoms with van der Waals surface area (Å²) in [6.07, 6.45) is 0. The van der Waals surface area contributed by atoms with Crippen LogP contribution in [0.5, 0.6) is 0 Å². The number of nitrogens with two attached hydrogens (primary N) is 1. The van der Waals surface area contributed by atoms with E-state index >= 15 is 0 Å². The normalized spacial score (nSPS) is 11.6. The first kappa shape index (κ1) is 13.0. The van der Waals surface area contributed by atoms with Gasteiger partial charge in [0.15, 0.2) is 0 Å². The predicted molar refractivity (Wildman–Crippen MR) is 71.7 cm³/mol. The van der Waals surface area contributed by atoms with Crippen LogP contribution >= 0.6 is 11.3 Å². The van der Waals surface area contributed by atoms with E-state index in [1.807, 2.05) is 6.92 Å². The van der Waals surface area contributed by atoms with Gasteiger partial charge in [0.2, 0.25) is 10.0 Å². The number of anilines is 1. The summed E-state index contributed by atoms with van der Waals surface area (Å²) in [4.78, 5) is 4.11. The zero-order chi connectivity index (χ0) is 13.2. The minimum atomic E-state index is -3.59. The highest BCUT2D eigenvalue weighted by molar-refractivity contribution is 7.89. The molecular formula is C11H13N3O2S2. The van der Waals surface area contributed by atoms with Crippen LogP contribution in [0.4, 0.5) is 5.69 Å². The third kappa shape index (κ3) is 2.87. The molecule has 0 aliphatic carbocycles. The summed E-state index contributed by atoms with van der Waals surface area (Å²) < 4.78 is 26.6. The lowest BCUT2D eigenvalue weighted by Gasteiger charge is -2.08. The lowest BCUT2D eigenvalue weighted by molar-refractivity contribution is 0.581. The molecule has 0 fully saturated rings. The third-order valence-electron chi connectivity index (χ3n) is 2.38. The molecule has 0 aliphatic rings. The van der Waals surface area contributed by atoms with Crippen molar-refractivity contribution < 1.29 is 8.42 Å². The van der Waals surface area contributed by atoms with Gasteiger partial charge in [0, 0.05) is 5.38 Å². The molecule has 1 heterocycles. The summed E-state index contributed by atoms with van der Waals surface area (Å²) in [6.45, 7) is 2.02. The van der Waals surface area contributed by atoms with Crippen LogP contribution in [0.3, 0.4) is 0 Å². The highest BCUT2D eigenvalue weighted by Gasteiger charge is 2.17. The number of nitrogen functional groups attached to an aromatic ring is 1. The highest BCUT2D eigenvalue weighted by atomic mass is 32.2. The van der Waals surface area contributed by atoms with Crippen molar-refractivity contribution in [2.75, 3.05) is 5.73 Å². The van der Waals surface area contributed by atoms with Crippen molar-refractivity contribution in [3.8, 4) is 0 Å². The third-order valence-corrected chi connectivity index (χ3v) is 4.49. The maximum Gasteiger partial charge on any atom is 0.242 e. The Balaban J connectivity index is 2.20. The molecule has 0 spiro atoms. The number of nitrogens with zero attached hydrogens (tertiary/aromatic N) is 1. The van der Waals surface area contributed by atoms with Crippen LogP contribution in [0.1, 0.15) is 11.3 Å². The van der Waals surface area contributed by atoms with Crippen molar-refractivity contribution in [3.05, 3.63) is 40.3 Å². The summed E-state index contributed by atoms with van der Waals surface area (Å²) in [5.74, 6) is 0. The molecule has 0 radical (unpaired) electrons. The lowest BCUT2D eigenvalue weighted by atomic mass is 10.2. The Morgan fingerprint density at radius 2 is 2.22 bits per heavy atom. The first-order chi connectivity index (χ1) is 8.49. The van der Waals surface area contributed by atoms with Crippen molar-refractivity contribution in [2.24, 2.45) is 0 Å². The Morgan fingerprint density at radius 1 is 1.44 bits per heavy atom. The standard InChI is InChI=1S/C11H13N3O2S2/c1-8-2-3-11(10(12)4-8)18(15,16)14-5-9-6-17-7-13-9/h2-4,6-7,14H,5,12H2,1H3. The van der Waals surface area contributed by atoms with E-state index < -0.39 is 10.0 Å². The number of aromatic nitrogens is 1. The monoisotopic (exact) mass is 283 g/mol. The van der Waals surface area contributed by atoms with Gasteiger partial charge in [-0.2, -0.15) is 0 Å². The average molecular weight is 283 g/mol. The van der Waals surface area contributed by atoms with Crippen LogP contribution in [0.2, 0.25) is 0 Å². The molecule has 1 aromatic heterocycles. The van der Waals surface area contributed by atoms with Gasteiger partial charge in [0.1, 0.15) is 4.90 Å². The van der Waals surface area contributed by atoms with E-state index in [1.54, 1.807) is 23.0 Å². The number of rotatable bonds is 4. The number of benzene rings is 1. The van der Waals surface area contributed by atoms with Gasteiger partial charge >= 0.3 is 0 Å². The van der Waals surface area contributed by atoms with Gasteiger partial charge in [-0.25, -0.2) is 18.1 Å². The molecule has 1 aromatic carbocycles. The number of aryl methyl sites for hydroxylation is 1. The highest BCUT2D eigenvalue weighted by Crippen LogP contribution is 2.19. The zero-order valence-electron chi connectivity index (χ0n) is 9.75. The van der Waals surface area contributed by atoms with E-state index in [4.69, 9.17) is 5.73 Å². The SMILES string of the molecule is Cc1ccc(S(=O)(=O)NCc2cscn2)c(N)c1. The Labute approximate surface area is 110 Å². The van der Waals surface area contributed by atoms with Crippen LogP contribution in [0, 0.1) is 6.92 Å². The van der Waals surface area contributed by atoms with Crippen molar-refractivity contribution in [1.29, 1.82) is 0 Å². The molecule has 2 rings (SSSR count). The van der Waals surface area contributed by atoms with Gasteiger partial charge < -0.3 is 5.73 Å². The maximum absolute atomic E-state index is 12.0. The second kappa shape index (κ2) is 5.05. The molecule has 18 heavy (non-hydrogen) atoms. The van der Waals surface area contributed by atoms with Crippen LogP contribution in [-0.4, -0.2) is 13.4 Å². The molecule has 0 bridgehead atoms. The molecule has 7 heteroatoms. The Morgan fingerprint density at radius 3 is 2.83 bits per heavy atom. The fraction of sp³-hybridized carbons (Fsp3) is 0.182. The molecule has 0 atom stereocenters. The molecule has 5 nitrogen and oxygen atoms in total. The number of hydrogen-bond donors (Lipinski definition) is 2. The van der Waals surface area contributed by atoms with Crippen LogP contribution in [-0.2, 0) is 16.6 Å². The van der Waals surface area contributed by atoms with Crippen molar-refractivity contribution in [1.82, 2.24) is 9.71 Å². The van der Waals surface area contributed by atoms with Crippen molar-refractivity contribution in [3.63, 3.8) is 0 Å². The van der Waals surface area contributed by atoms with Gasteiger partial charge in [0.05, 0.1) is 23.4 Å². The second-order valence-corrected chi connectivity index (χ2v) is 6.30. The summed E-state index contributed by atoms with van der Waals surface area (Å²) in [5, 5.41) is 1.79. The fourth-order valence-electron chi connectivity index (χ4n) is 1.48. The lowest BCUT2D eigenvalue weighted by Crippen LogP contribution is -2.24. The Hall–Kier alpha value is -1.44. The van der Waals surface area contributed by atoms with Crippen molar-refractivity contribution in [2.45, 2.75) is 18.4 Å². The molecule has 3 N–H and O–H groups in total. The molecule has 2 aromatic rings. The van der Waals surface area contributed by atoms with E-state index in [0.717, 1.165) is 5.56 Å². The average Bonchev–Trinajstić information content (AvgIpc) is 2.78. The number of hydrogen-bond acceptors (Lipinski definition) is 5. The Kier molecular flexibility index (Phi) is 3.65. The largest absolute Gasteiger partial charge is 0.398 e. The summed E-state index contributed by atoms with van der Waals surface area (Å²) >= 11 is 1.42. The van der Waals surface area contributed by atoms with Gasteiger partial charge in [-0.3, -0.25) is 0 Å². The smallest absolute Gasteiger partial charge is 0.242 e. The van der Waals surface area contributed by atoms with Gasteiger partial charge in [-0.05, 0) is 24.6 Å². The van der Waals surface area contributed by atoms with E-state index in [0.29, 0.717) is 5.69 Å². The van der Waals surface area contributed by atoms with Gasteiger partial charge in [-0.1, -0.05) is 6.07 Å². The van der Waals surface area contributed by atoms with E-state index in [9.17, 15) is 8.42 Å². The van der Waals surface area contributed by atoms with Gasteiger partial charge in [-0.15, -0.1) is 11.3 Å². The van der Waals surface area contributed by atoms with Gasteiger partial charge in [0.25, 0.3) is 0 Å². The predicted octanol–water partition coefficient (Wildman–Crippen LogP) is 1.51. The first-order valence-electron chi connectivity index (χ1n) is 5.22. The van der Waals surface area contributed by atoms with Crippen LogP contribution in [0.25, 0.3) is 0 Å². The molecule has 96 valence electrons. The number of nitrogens with one attached hydrogen (secondary N) is 1. The fourth-order valence-corrected chi connectivity index (χ4v) is 3.15. The van der Waals surface area contributed by atoms with Crippen molar-refractivity contribution >= 4 is 27.0 Å².